The minimum atomic E-state index is -0.259. The first-order chi connectivity index (χ1) is 5.58. The molecule has 2 rings (SSSR count). The zero-order valence-corrected chi connectivity index (χ0v) is 7.97. The number of rotatable bonds is 0. The lowest BCUT2D eigenvalue weighted by molar-refractivity contribution is -0.148. The Hall–Kier alpha value is -0.0800. The van der Waals surface area contributed by atoms with E-state index in [0.29, 0.717) is 0 Å². The van der Waals surface area contributed by atoms with E-state index in [4.69, 9.17) is 4.74 Å². The van der Waals surface area contributed by atoms with E-state index in [0.717, 1.165) is 25.9 Å². The van der Waals surface area contributed by atoms with Crippen LogP contribution in [0.15, 0.2) is 0 Å². The molecule has 1 heterocycles. The Bertz CT molecular complexity index is 192. The maximum absolute atomic E-state index is 9.88. The third-order valence-electron chi connectivity index (χ3n) is 4.10. The van der Waals surface area contributed by atoms with Crippen LogP contribution in [0, 0.1) is 5.41 Å². The minimum absolute atomic E-state index is 0.227. The Morgan fingerprint density at radius 1 is 1.33 bits per heavy atom. The molecule has 1 saturated heterocycles. The number of fused-ring (bicyclic) bond motifs is 1. The molecule has 0 spiro atoms. The Balaban J connectivity index is 2.30. The molecule has 3 atom stereocenters. The summed E-state index contributed by atoms with van der Waals surface area (Å²) in [7, 11) is 0. The predicted octanol–water partition coefficient (Wildman–Crippen LogP) is 1.72. The molecule has 1 N–H and O–H groups in total. The van der Waals surface area contributed by atoms with E-state index in [9.17, 15) is 5.11 Å². The molecular formula is C10H18O2. The maximum atomic E-state index is 9.88. The lowest BCUT2D eigenvalue weighted by atomic mass is 9.64. The van der Waals surface area contributed by atoms with E-state index in [2.05, 4.69) is 13.8 Å². The summed E-state index contributed by atoms with van der Waals surface area (Å²) in [5.41, 5.74) is -0.0318. The van der Waals surface area contributed by atoms with Gasteiger partial charge in [0.05, 0.1) is 11.7 Å². The fourth-order valence-corrected chi connectivity index (χ4v) is 2.74. The van der Waals surface area contributed by atoms with Crippen molar-refractivity contribution in [3.8, 4) is 0 Å². The zero-order chi connectivity index (χ0) is 8.82. The second kappa shape index (κ2) is 2.46. The van der Waals surface area contributed by atoms with E-state index in [-0.39, 0.29) is 17.1 Å². The highest BCUT2D eigenvalue weighted by Gasteiger charge is 2.55. The van der Waals surface area contributed by atoms with Crippen LogP contribution in [-0.2, 0) is 4.74 Å². The molecule has 1 saturated carbocycles. The van der Waals surface area contributed by atoms with E-state index < -0.39 is 0 Å². The van der Waals surface area contributed by atoms with Gasteiger partial charge < -0.3 is 9.84 Å². The third-order valence-corrected chi connectivity index (χ3v) is 4.10. The van der Waals surface area contributed by atoms with Crippen molar-refractivity contribution in [3.05, 3.63) is 0 Å². The number of hydrogen-bond acceptors (Lipinski definition) is 2. The van der Waals surface area contributed by atoms with Crippen molar-refractivity contribution in [2.75, 3.05) is 6.61 Å². The van der Waals surface area contributed by atoms with Crippen LogP contribution in [0.4, 0.5) is 0 Å². The summed E-state index contributed by atoms with van der Waals surface area (Å²) in [4.78, 5) is 0. The van der Waals surface area contributed by atoms with Crippen LogP contribution < -0.4 is 0 Å². The molecule has 1 aliphatic heterocycles. The van der Waals surface area contributed by atoms with Gasteiger partial charge in [0.25, 0.3) is 0 Å². The standard InChI is InChI=1S/C10H18O2/c1-9-5-3-4-8(11)10(9,2)12-7-6-9/h8,11H,3-7H2,1-2H3. The van der Waals surface area contributed by atoms with Crippen molar-refractivity contribution < 1.29 is 9.84 Å². The van der Waals surface area contributed by atoms with E-state index in [1.807, 2.05) is 0 Å². The van der Waals surface area contributed by atoms with Gasteiger partial charge in [0.1, 0.15) is 0 Å². The summed E-state index contributed by atoms with van der Waals surface area (Å²) in [5.74, 6) is 0. The van der Waals surface area contributed by atoms with Crippen LogP contribution in [0.2, 0.25) is 0 Å². The Labute approximate surface area is 73.9 Å². The van der Waals surface area contributed by atoms with Crippen molar-refractivity contribution in [1.82, 2.24) is 0 Å². The summed E-state index contributed by atoms with van der Waals surface area (Å²) in [5, 5.41) is 9.88. The first-order valence-electron chi connectivity index (χ1n) is 4.91. The van der Waals surface area contributed by atoms with Crippen molar-refractivity contribution in [3.63, 3.8) is 0 Å². The van der Waals surface area contributed by atoms with E-state index >= 15 is 0 Å². The minimum Gasteiger partial charge on any atom is -0.390 e. The van der Waals surface area contributed by atoms with Gasteiger partial charge in [0.2, 0.25) is 0 Å². The van der Waals surface area contributed by atoms with Gasteiger partial charge in [-0.2, -0.15) is 0 Å². The molecule has 2 aliphatic rings. The lowest BCUT2D eigenvalue weighted by Gasteiger charge is -2.46. The van der Waals surface area contributed by atoms with Gasteiger partial charge >= 0.3 is 0 Å². The first kappa shape index (κ1) is 8.52. The number of ether oxygens (including phenoxy) is 1. The van der Waals surface area contributed by atoms with Crippen LogP contribution in [-0.4, -0.2) is 23.4 Å². The van der Waals surface area contributed by atoms with Gasteiger partial charge in [-0.1, -0.05) is 13.3 Å². The smallest absolute Gasteiger partial charge is 0.0966 e. The normalized spacial score (nSPS) is 53.8. The van der Waals surface area contributed by atoms with Crippen LogP contribution in [0.3, 0.4) is 0 Å². The van der Waals surface area contributed by atoms with E-state index in [1.165, 1.54) is 6.42 Å². The monoisotopic (exact) mass is 170 g/mol. The van der Waals surface area contributed by atoms with E-state index in [1.54, 1.807) is 0 Å². The molecule has 1 aliphatic carbocycles. The molecule has 0 bridgehead atoms. The summed E-state index contributed by atoms with van der Waals surface area (Å²) in [6, 6.07) is 0. The van der Waals surface area contributed by atoms with Gasteiger partial charge in [-0.15, -0.1) is 0 Å². The average Bonchev–Trinajstić information content (AvgIpc) is 2.30. The molecule has 2 nitrogen and oxygen atoms in total. The van der Waals surface area contributed by atoms with Gasteiger partial charge in [-0.3, -0.25) is 0 Å². The Kier molecular flexibility index (Phi) is 1.74. The van der Waals surface area contributed by atoms with Gasteiger partial charge in [-0.25, -0.2) is 0 Å². The van der Waals surface area contributed by atoms with Gasteiger partial charge in [0.15, 0.2) is 0 Å². The maximum Gasteiger partial charge on any atom is 0.0966 e. The molecule has 0 radical (unpaired) electrons. The Morgan fingerprint density at radius 3 is 2.75 bits per heavy atom. The number of hydrogen-bond donors (Lipinski definition) is 1. The quantitative estimate of drug-likeness (QED) is 0.599. The molecule has 2 fully saturated rings. The molecule has 3 unspecified atom stereocenters. The average molecular weight is 170 g/mol. The highest BCUT2D eigenvalue weighted by Crippen LogP contribution is 2.52. The van der Waals surface area contributed by atoms with Crippen LogP contribution in [0.5, 0.6) is 0 Å². The number of aliphatic hydroxyl groups excluding tert-OH is 1. The molecule has 0 amide bonds. The summed E-state index contributed by atoms with van der Waals surface area (Å²) >= 11 is 0. The molecule has 12 heavy (non-hydrogen) atoms. The highest BCUT2D eigenvalue weighted by atomic mass is 16.5. The summed E-state index contributed by atoms with van der Waals surface area (Å²) in [6.45, 7) is 5.15. The summed E-state index contributed by atoms with van der Waals surface area (Å²) in [6.07, 6.45) is 4.13. The van der Waals surface area contributed by atoms with Gasteiger partial charge in [0, 0.05) is 12.0 Å². The molecule has 2 heteroatoms. The Morgan fingerprint density at radius 2 is 2.08 bits per heavy atom. The first-order valence-corrected chi connectivity index (χ1v) is 4.91. The molecule has 0 aromatic carbocycles. The molecule has 70 valence electrons. The van der Waals surface area contributed by atoms with Crippen LogP contribution in [0.25, 0.3) is 0 Å². The fourth-order valence-electron chi connectivity index (χ4n) is 2.74. The van der Waals surface area contributed by atoms with Crippen molar-refractivity contribution >= 4 is 0 Å². The molecular weight excluding hydrogens is 152 g/mol. The van der Waals surface area contributed by atoms with Crippen LogP contribution in [0.1, 0.15) is 39.5 Å². The number of aliphatic hydroxyl groups is 1. The lowest BCUT2D eigenvalue weighted by Crippen LogP contribution is -2.53. The van der Waals surface area contributed by atoms with Gasteiger partial charge in [-0.05, 0) is 26.2 Å². The second-order valence-electron chi connectivity index (χ2n) is 4.67. The van der Waals surface area contributed by atoms with Crippen molar-refractivity contribution in [2.24, 2.45) is 5.41 Å². The largest absolute Gasteiger partial charge is 0.390 e. The fraction of sp³-hybridized carbons (Fsp3) is 1.00. The second-order valence-corrected chi connectivity index (χ2v) is 4.67. The summed E-state index contributed by atoms with van der Waals surface area (Å²) < 4.78 is 5.71. The molecule has 0 aromatic rings. The van der Waals surface area contributed by atoms with Crippen LogP contribution >= 0.6 is 0 Å². The SMILES string of the molecule is CC12CCCC(O)C1(C)OCC2. The molecule has 0 aromatic heterocycles. The third kappa shape index (κ3) is 0.882. The topological polar surface area (TPSA) is 29.5 Å². The van der Waals surface area contributed by atoms with Crippen molar-refractivity contribution in [2.45, 2.75) is 51.2 Å². The highest BCUT2D eigenvalue weighted by molar-refractivity contribution is 5.05. The predicted molar refractivity (Wildman–Crippen MR) is 46.9 cm³/mol. The zero-order valence-electron chi connectivity index (χ0n) is 7.97. The van der Waals surface area contributed by atoms with Crippen molar-refractivity contribution in [1.29, 1.82) is 0 Å².